The van der Waals surface area contributed by atoms with Gasteiger partial charge in [0.05, 0.1) is 29.3 Å². The van der Waals surface area contributed by atoms with Crippen molar-refractivity contribution >= 4 is 12.3 Å². The lowest BCUT2D eigenvalue weighted by Gasteiger charge is -2.73. The monoisotopic (exact) mass is 750 g/mol. The van der Waals surface area contributed by atoms with E-state index in [1.165, 1.54) is 25.7 Å². The minimum atomic E-state index is -1.74. The minimum absolute atomic E-state index is 0.148. The molecule has 0 aromatic heterocycles. The second-order valence-corrected chi connectivity index (χ2v) is 20.0. The highest BCUT2D eigenvalue weighted by molar-refractivity contribution is 5.89. The Morgan fingerprint density at radius 1 is 0.944 bits per heavy atom. The van der Waals surface area contributed by atoms with E-state index in [4.69, 9.17) is 4.74 Å². The fraction of sp³-hybridized carbons (Fsp3) is 0.864. The molecule has 7 saturated carbocycles. The quantitative estimate of drug-likeness (QED) is 0.0799. The summed E-state index contributed by atoms with van der Waals surface area (Å²) in [6, 6.07) is 0. The maximum Gasteiger partial charge on any atom is 0.332 e. The number of carbonyl (C=O) groups excluding carboxylic acids is 2. The Morgan fingerprint density at radius 2 is 1.72 bits per heavy atom. The van der Waals surface area contributed by atoms with E-state index in [-0.39, 0.29) is 37.7 Å². The van der Waals surface area contributed by atoms with Crippen LogP contribution < -0.4 is 10.6 Å². The first-order chi connectivity index (χ1) is 25.9. The van der Waals surface area contributed by atoms with Gasteiger partial charge in [-0.05, 0) is 125 Å². The number of nitrogens with one attached hydrogen (secondary N) is 2. The normalized spacial score (nSPS) is 51.3. The number of allylic oxidation sites excluding steroid dienone is 1. The van der Waals surface area contributed by atoms with Crippen molar-refractivity contribution in [2.45, 2.75) is 145 Å². The summed E-state index contributed by atoms with van der Waals surface area (Å²) >= 11 is 0. The molecule has 0 radical (unpaired) electrons. The van der Waals surface area contributed by atoms with Crippen LogP contribution in [0.15, 0.2) is 23.3 Å². The molecule has 7 fully saturated rings. The Labute approximate surface area is 321 Å². The number of esters is 1. The van der Waals surface area contributed by atoms with Crippen molar-refractivity contribution in [3.05, 3.63) is 23.3 Å². The number of hydrogen-bond acceptors (Lipinski definition) is 10. The van der Waals surface area contributed by atoms with Crippen molar-refractivity contribution in [3.63, 3.8) is 0 Å². The molecule has 9 rings (SSSR count). The van der Waals surface area contributed by atoms with Crippen LogP contribution >= 0.6 is 0 Å². The van der Waals surface area contributed by atoms with Gasteiger partial charge in [-0.3, -0.25) is 0 Å². The number of rotatable bonds is 9. The Morgan fingerprint density at radius 3 is 2.46 bits per heavy atom. The summed E-state index contributed by atoms with van der Waals surface area (Å²) in [5, 5.41) is 71.7. The van der Waals surface area contributed by atoms with Gasteiger partial charge in [-0.25, -0.2) is 4.79 Å². The summed E-state index contributed by atoms with van der Waals surface area (Å²) in [5.74, 6) is -1.15. The van der Waals surface area contributed by atoms with Gasteiger partial charge in [0, 0.05) is 48.4 Å². The lowest BCUT2D eigenvalue weighted by Crippen LogP contribution is -2.81. The summed E-state index contributed by atoms with van der Waals surface area (Å²) in [7, 11) is 1.91. The van der Waals surface area contributed by atoms with Crippen LogP contribution in [0.1, 0.15) is 116 Å². The van der Waals surface area contributed by atoms with Crippen LogP contribution in [-0.2, 0) is 14.3 Å². The van der Waals surface area contributed by atoms with Gasteiger partial charge in [0.25, 0.3) is 0 Å². The topological polar surface area (TPSA) is 169 Å². The molecule has 300 valence electrons. The van der Waals surface area contributed by atoms with E-state index in [0.717, 1.165) is 49.8 Å². The predicted molar refractivity (Wildman–Crippen MR) is 202 cm³/mol. The molecule has 0 amide bonds. The largest absolute Gasteiger partial charge is 0.447 e. The van der Waals surface area contributed by atoms with E-state index in [0.29, 0.717) is 63.3 Å². The van der Waals surface area contributed by atoms with E-state index < -0.39 is 68.5 Å². The molecule has 1 heterocycles. The highest BCUT2D eigenvalue weighted by Gasteiger charge is 2.86. The molecule has 2 bridgehead atoms. The van der Waals surface area contributed by atoms with Crippen molar-refractivity contribution in [2.24, 2.45) is 57.7 Å². The molecule has 0 aromatic rings. The number of likely N-dealkylation sites (N-methyl/N-ethyl adjacent to an activating group) is 1. The highest BCUT2D eigenvalue weighted by atomic mass is 16.6. The fourth-order valence-electron chi connectivity index (χ4n) is 16.5. The fourth-order valence-corrected chi connectivity index (χ4v) is 16.5. The van der Waals surface area contributed by atoms with E-state index in [9.17, 15) is 35.1 Å². The van der Waals surface area contributed by atoms with Gasteiger partial charge >= 0.3 is 5.97 Å². The predicted octanol–water partition coefficient (Wildman–Crippen LogP) is 3.72. The van der Waals surface area contributed by atoms with Crippen molar-refractivity contribution in [1.82, 2.24) is 10.6 Å². The molecule has 10 heteroatoms. The average molecular weight is 751 g/mol. The first-order valence-corrected chi connectivity index (χ1v) is 21.8. The Hall–Kier alpha value is -1.66. The van der Waals surface area contributed by atoms with Crippen molar-refractivity contribution in [3.8, 4) is 0 Å². The first kappa shape index (κ1) is 37.9. The van der Waals surface area contributed by atoms with Crippen LogP contribution in [0.5, 0.6) is 0 Å². The summed E-state index contributed by atoms with van der Waals surface area (Å²) in [6.45, 7) is 4.06. The molecular formula is C44H66N2O8. The molecule has 54 heavy (non-hydrogen) atoms. The number of hydrogen-bond donors (Lipinski definition) is 7. The van der Waals surface area contributed by atoms with E-state index in [2.05, 4.69) is 23.6 Å². The molecule has 1 spiro atoms. The Bertz CT molecular complexity index is 1600. The number of aliphatic hydroxyl groups excluding tert-OH is 2. The molecular weight excluding hydrogens is 684 g/mol. The van der Waals surface area contributed by atoms with Gasteiger partial charge in [0.1, 0.15) is 11.9 Å². The van der Waals surface area contributed by atoms with Gasteiger partial charge < -0.3 is 45.7 Å². The van der Waals surface area contributed by atoms with E-state index >= 15 is 0 Å². The Kier molecular flexibility index (Phi) is 9.07. The second-order valence-electron chi connectivity index (χ2n) is 20.0. The van der Waals surface area contributed by atoms with Crippen molar-refractivity contribution < 1.29 is 39.9 Å². The smallest absolute Gasteiger partial charge is 0.332 e. The SMILES string of the molecule is CNCCNCC1=C[C@@H]2C[C@@]3(O)[C@]4(CCCC[C@@]15OC(=O)C=C5[C@@]24CO)CC[C@H]1[C@@]3(O)C[C@H]2C[C@@H]([C@@H](C)C3CCCC3)CC[C@H]3[C@@H](O)CC[C@@]1(C=O)[C@]23O. The van der Waals surface area contributed by atoms with Gasteiger partial charge in [0.15, 0.2) is 5.60 Å². The molecule has 0 unspecified atom stereocenters. The second kappa shape index (κ2) is 12.9. The molecule has 9 aliphatic rings. The molecule has 0 saturated heterocycles. The van der Waals surface area contributed by atoms with Gasteiger partial charge in [-0.1, -0.05) is 45.1 Å². The summed E-state index contributed by atoms with van der Waals surface area (Å²) in [4.78, 5) is 27.5. The molecule has 0 aromatic carbocycles. The first-order valence-electron chi connectivity index (χ1n) is 21.8. The highest BCUT2D eigenvalue weighted by Crippen LogP contribution is 2.81. The molecule has 14 atom stereocenters. The minimum Gasteiger partial charge on any atom is -0.447 e. The van der Waals surface area contributed by atoms with Crippen LogP contribution in [0.3, 0.4) is 0 Å². The number of aldehydes is 1. The van der Waals surface area contributed by atoms with Crippen LogP contribution in [0.4, 0.5) is 0 Å². The molecule has 10 nitrogen and oxygen atoms in total. The van der Waals surface area contributed by atoms with Crippen molar-refractivity contribution in [1.29, 1.82) is 0 Å². The summed E-state index contributed by atoms with van der Waals surface area (Å²) in [5.41, 5.74) is -7.63. The maximum atomic E-state index is 14.0. The number of carbonyl (C=O) groups is 2. The molecule has 8 aliphatic carbocycles. The van der Waals surface area contributed by atoms with Crippen LogP contribution in [0.2, 0.25) is 0 Å². The van der Waals surface area contributed by atoms with Crippen LogP contribution in [0, 0.1) is 57.7 Å². The standard InChI is InChI=1S/C44H66N2O8/c1-27(28-7-3-4-8-28)29-9-10-33-34(49)11-15-38(25-47)35-12-16-39-13-5-6-14-41-32(24-46-18-17-45-2)20-30(40(39,26-48)36(41)21-37(50)54-41)23-43(39,52)42(35,51)22-31(19-29)44(33,38)53/h20-21,25,27-31,33-35,45-46,48-49,51-53H,3-19,22-24,26H2,1-2H3/t27-,29-,30+,31+,33-,34-,35+,38-,39+,40+,41+,42-,43+,44-/m0/s1. The Balaban J connectivity index is 1.20. The molecule has 1 aliphatic heterocycles. The van der Waals surface area contributed by atoms with Crippen LogP contribution in [0.25, 0.3) is 0 Å². The van der Waals surface area contributed by atoms with Gasteiger partial charge in [-0.2, -0.15) is 0 Å². The average Bonchev–Trinajstić information content (AvgIpc) is 3.83. The molecule has 7 N–H and O–H groups in total. The summed E-state index contributed by atoms with van der Waals surface area (Å²) < 4.78 is 6.38. The third-order valence-corrected chi connectivity index (χ3v) is 18.8. The van der Waals surface area contributed by atoms with Gasteiger partial charge in [-0.15, -0.1) is 0 Å². The van der Waals surface area contributed by atoms with E-state index in [1.54, 1.807) is 6.08 Å². The summed E-state index contributed by atoms with van der Waals surface area (Å²) in [6.07, 6.45) is 15.6. The zero-order chi connectivity index (χ0) is 37.9. The van der Waals surface area contributed by atoms with E-state index in [1.807, 2.05) is 7.05 Å². The van der Waals surface area contributed by atoms with Crippen LogP contribution in [-0.4, -0.2) is 99.6 Å². The lowest BCUT2D eigenvalue weighted by molar-refractivity contribution is -0.349. The van der Waals surface area contributed by atoms with Crippen molar-refractivity contribution in [2.75, 3.05) is 33.3 Å². The zero-order valence-corrected chi connectivity index (χ0v) is 32.7. The number of fused-ring (bicyclic) bond motifs is 3. The maximum absolute atomic E-state index is 14.0. The number of ether oxygens (including phenoxy) is 1. The van der Waals surface area contributed by atoms with Gasteiger partial charge in [0.2, 0.25) is 0 Å². The third kappa shape index (κ3) is 4.43. The zero-order valence-electron chi connectivity index (χ0n) is 32.7. The number of aliphatic hydroxyl groups is 5. The third-order valence-electron chi connectivity index (χ3n) is 18.8. The lowest BCUT2D eigenvalue weighted by atomic mass is 9.34.